The fourth-order valence-electron chi connectivity index (χ4n) is 3.09. The molecule has 0 bridgehead atoms. The number of nitrogens with zero attached hydrogens (tertiary/aromatic N) is 2. The molecule has 2 atom stereocenters. The van der Waals surface area contributed by atoms with Gasteiger partial charge >= 0.3 is 0 Å². The second-order valence-electron chi connectivity index (χ2n) is 5.60. The summed E-state index contributed by atoms with van der Waals surface area (Å²) < 4.78 is 5.68. The third kappa shape index (κ3) is 3.67. The summed E-state index contributed by atoms with van der Waals surface area (Å²) in [6.45, 7) is 11.4. The molecule has 0 aromatic rings. The highest BCUT2D eigenvalue weighted by Crippen LogP contribution is 2.24. The number of hydrogen-bond donors (Lipinski definition) is 0. The molecule has 100 valence electrons. The number of fused-ring (bicyclic) bond motifs is 1. The van der Waals surface area contributed by atoms with Crippen LogP contribution in [0.25, 0.3) is 0 Å². The van der Waals surface area contributed by atoms with E-state index in [-0.39, 0.29) is 0 Å². The molecule has 2 aliphatic rings. The second-order valence-corrected chi connectivity index (χ2v) is 5.60. The summed E-state index contributed by atoms with van der Waals surface area (Å²) in [5.41, 5.74) is 0. The Morgan fingerprint density at radius 1 is 1.24 bits per heavy atom. The highest BCUT2D eigenvalue weighted by Gasteiger charge is 2.33. The van der Waals surface area contributed by atoms with Gasteiger partial charge in [-0.05, 0) is 32.7 Å². The lowest BCUT2D eigenvalue weighted by molar-refractivity contribution is 0.0301. The van der Waals surface area contributed by atoms with Crippen molar-refractivity contribution in [3.8, 4) is 0 Å². The largest absolute Gasteiger partial charge is 0.380 e. The van der Waals surface area contributed by atoms with Crippen molar-refractivity contribution in [2.75, 3.05) is 39.4 Å². The van der Waals surface area contributed by atoms with Gasteiger partial charge in [0.2, 0.25) is 0 Å². The topological polar surface area (TPSA) is 15.7 Å². The molecule has 0 N–H and O–H groups in total. The molecule has 2 fully saturated rings. The quantitative estimate of drug-likeness (QED) is 0.660. The van der Waals surface area contributed by atoms with Gasteiger partial charge in [0.25, 0.3) is 0 Å². The molecule has 17 heavy (non-hydrogen) atoms. The Morgan fingerprint density at radius 3 is 2.94 bits per heavy atom. The molecule has 0 aromatic heterocycles. The van der Waals surface area contributed by atoms with Crippen molar-refractivity contribution < 1.29 is 4.74 Å². The third-order valence-electron chi connectivity index (χ3n) is 4.23. The zero-order chi connectivity index (χ0) is 12.1. The average Bonchev–Trinajstić information content (AvgIpc) is 2.76. The van der Waals surface area contributed by atoms with Crippen LogP contribution in [0.3, 0.4) is 0 Å². The molecule has 2 heterocycles. The average molecular weight is 240 g/mol. The lowest BCUT2D eigenvalue weighted by Gasteiger charge is -2.42. The summed E-state index contributed by atoms with van der Waals surface area (Å²) >= 11 is 0. The Labute approximate surface area is 106 Å². The zero-order valence-electron chi connectivity index (χ0n) is 11.5. The predicted octanol–water partition coefficient (Wildman–Crippen LogP) is 1.97. The van der Waals surface area contributed by atoms with Crippen LogP contribution in [0.5, 0.6) is 0 Å². The van der Waals surface area contributed by atoms with Crippen molar-refractivity contribution in [1.82, 2.24) is 9.80 Å². The maximum absolute atomic E-state index is 5.68. The highest BCUT2D eigenvalue weighted by atomic mass is 16.5. The van der Waals surface area contributed by atoms with Gasteiger partial charge in [-0.25, -0.2) is 0 Å². The molecule has 0 aliphatic carbocycles. The fraction of sp³-hybridized carbons (Fsp3) is 1.00. The molecular weight excluding hydrogens is 212 g/mol. The van der Waals surface area contributed by atoms with Gasteiger partial charge in [0, 0.05) is 38.3 Å². The number of piperazine rings is 1. The minimum absolute atomic E-state index is 0.708. The second kappa shape index (κ2) is 6.72. The van der Waals surface area contributed by atoms with Gasteiger partial charge in [0.15, 0.2) is 0 Å². The van der Waals surface area contributed by atoms with Gasteiger partial charge in [-0.15, -0.1) is 0 Å². The van der Waals surface area contributed by atoms with E-state index >= 15 is 0 Å². The Kier molecular flexibility index (Phi) is 5.26. The number of rotatable bonds is 6. The fourth-order valence-corrected chi connectivity index (χ4v) is 3.09. The minimum Gasteiger partial charge on any atom is -0.380 e. The van der Waals surface area contributed by atoms with Gasteiger partial charge < -0.3 is 4.74 Å². The Hall–Kier alpha value is -0.120. The van der Waals surface area contributed by atoms with E-state index < -0.39 is 0 Å². The molecule has 3 heteroatoms. The number of unbranched alkanes of at least 4 members (excludes halogenated alkanes) is 1. The Morgan fingerprint density at radius 2 is 2.12 bits per heavy atom. The van der Waals surface area contributed by atoms with E-state index in [1.165, 1.54) is 45.3 Å². The zero-order valence-corrected chi connectivity index (χ0v) is 11.5. The van der Waals surface area contributed by atoms with Gasteiger partial charge in [-0.2, -0.15) is 0 Å². The molecule has 2 aliphatic heterocycles. The van der Waals surface area contributed by atoms with Crippen LogP contribution in [0, 0.1) is 0 Å². The minimum atomic E-state index is 0.708. The van der Waals surface area contributed by atoms with Crippen molar-refractivity contribution in [1.29, 1.82) is 0 Å². The van der Waals surface area contributed by atoms with Crippen molar-refractivity contribution in [3.05, 3.63) is 0 Å². The van der Waals surface area contributed by atoms with E-state index in [1.807, 2.05) is 0 Å². The molecule has 2 unspecified atom stereocenters. The number of hydrogen-bond acceptors (Lipinski definition) is 3. The first kappa shape index (κ1) is 13.3. The molecule has 0 saturated carbocycles. The normalized spacial score (nSPS) is 30.7. The summed E-state index contributed by atoms with van der Waals surface area (Å²) in [7, 11) is 0. The smallest absolute Gasteiger partial charge is 0.0593 e. The van der Waals surface area contributed by atoms with Crippen LogP contribution < -0.4 is 0 Å². The molecule has 0 aromatic carbocycles. The lowest BCUT2D eigenvalue weighted by atomic mass is 10.1. The van der Waals surface area contributed by atoms with E-state index in [0.29, 0.717) is 6.04 Å². The van der Waals surface area contributed by atoms with Crippen LogP contribution in [0.2, 0.25) is 0 Å². The summed E-state index contributed by atoms with van der Waals surface area (Å²) in [5, 5.41) is 0. The first-order chi connectivity index (χ1) is 8.31. The van der Waals surface area contributed by atoms with E-state index in [2.05, 4.69) is 23.6 Å². The van der Waals surface area contributed by atoms with Gasteiger partial charge in [0.05, 0.1) is 6.61 Å². The molecule has 0 spiro atoms. The van der Waals surface area contributed by atoms with Crippen LogP contribution in [0.4, 0.5) is 0 Å². The Bertz CT molecular complexity index is 222. The third-order valence-corrected chi connectivity index (χ3v) is 4.23. The Balaban J connectivity index is 1.66. The van der Waals surface area contributed by atoms with Crippen molar-refractivity contribution in [2.45, 2.75) is 51.6 Å². The van der Waals surface area contributed by atoms with E-state index in [0.717, 1.165) is 25.8 Å². The molecule has 0 amide bonds. The predicted molar refractivity (Wildman–Crippen MR) is 71.4 cm³/mol. The molecule has 2 saturated heterocycles. The summed E-state index contributed by atoms with van der Waals surface area (Å²) in [4.78, 5) is 5.30. The summed E-state index contributed by atoms with van der Waals surface area (Å²) in [6.07, 6.45) is 5.24. The standard InChI is InChI=1S/C14H28N2O/c1-3-4-9-17-10-8-15-12-14-6-5-7-16(14)11-13(15)2/h13-14H,3-12H2,1-2H3. The first-order valence-electron chi connectivity index (χ1n) is 7.37. The van der Waals surface area contributed by atoms with E-state index in [4.69, 9.17) is 4.74 Å². The highest BCUT2D eigenvalue weighted by molar-refractivity contribution is 4.90. The van der Waals surface area contributed by atoms with Gasteiger partial charge in [-0.1, -0.05) is 13.3 Å². The van der Waals surface area contributed by atoms with Crippen LogP contribution >= 0.6 is 0 Å². The SMILES string of the molecule is CCCCOCCN1CC2CCCN2CC1C. The van der Waals surface area contributed by atoms with Crippen molar-refractivity contribution >= 4 is 0 Å². The maximum Gasteiger partial charge on any atom is 0.0593 e. The van der Waals surface area contributed by atoms with Gasteiger partial charge in [0.1, 0.15) is 0 Å². The monoisotopic (exact) mass is 240 g/mol. The van der Waals surface area contributed by atoms with Gasteiger partial charge in [-0.3, -0.25) is 9.80 Å². The van der Waals surface area contributed by atoms with Crippen LogP contribution in [-0.4, -0.2) is 61.3 Å². The molecule has 2 rings (SSSR count). The van der Waals surface area contributed by atoms with Crippen LogP contribution in [-0.2, 0) is 4.74 Å². The number of ether oxygens (including phenoxy) is 1. The molecule has 0 radical (unpaired) electrons. The van der Waals surface area contributed by atoms with Crippen LogP contribution in [0.1, 0.15) is 39.5 Å². The van der Waals surface area contributed by atoms with Crippen molar-refractivity contribution in [3.63, 3.8) is 0 Å². The first-order valence-corrected chi connectivity index (χ1v) is 7.37. The lowest BCUT2D eigenvalue weighted by Crippen LogP contribution is -2.55. The summed E-state index contributed by atoms with van der Waals surface area (Å²) in [6, 6.07) is 1.54. The maximum atomic E-state index is 5.68. The molecule has 3 nitrogen and oxygen atoms in total. The van der Waals surface area contributed by atoms with Crippen LogP contribution in [0.15, 0.2) is 0 Å². The van der Waals surface area contributed by atoms with Crippen molar-refractivity contribution in [2.24, 2.45) is 0 Å². The van der Waals surface area contributed by atoms with E-state index in [1.54, 1.807) is 0 Å². The summed E-state index contributed by atoms with van der Waals surface area (Å²) in [5.74, 6) is 0. The molecular formula is C14H28N2O. The van der Waals surface area contributed by atoms with E-state index in [9.17, 15) is 0 Å².